The first-order chi connectivity index (χ1) is 8.43. The number of aliphatic hydroxyl groups excluding tert-OH is 1. The van der Waals surface area contributed by atoms with E-state index < -0.39 is 6.10 Å². The highest BCUT2D eigenvalue weighted by atomic mass is 16.3. The van der Waals surface area contributed by atoms with E-state index >= 15 is 0 Å². The number of allylic oxidation sites excluding steroid dienone is 1. The van der Waals surface area contributed by atoms with Crippen molar-refractivity contribution in [1.82, 2.24) is 4.57 Å². The number of nitrogens with zero attached hydrogens (tertiary/aromatic N) is 2. The smallest absolute Gasteiger partial charge is 0.269 e. The van der Waals surface area contributed by atoms with Crippen LogP contribution in [0.15, 0.2) is 17.4 Å². The van der Waals surface area contributed by atoms with Crippen molar-refractivity contribution in [2.24, 2.45) is 0 Å². The van der Waals surface area contributed by atoms with Gasteiger partial charge in [-0.05, 0) is 38.3 Å². The van der Waals surface area contributed by atoms with Crippen LogP contribution in [0, 0.1) is 25.2 Å². The maximum atomic E-state index is 12.1. The van der Waals surface area contributed by atoms with Gasteiger partial charge in [-0.25, -0.2) is 0 Å². The first kappa shape index (κ1) is 14.2. The lowest BCUT2D eigenvalue weighted by Crippen LogP contribution is -2.31. The van der Waals surface area contributed by atoms with Crippen molar-refractivity contribution in [1.29, 1.82) is 5.26 Å². The summed E-state index contributed by atoms with van der Waals surface area (Å²) >= 11 is 0. The Morgan fingerprint density at radius 1 is 1.56 bits per heavy atom. The van der Waals surface area contributed by atoms with Crippen LogP contribution in [0.2, 0.25) is 0 Å². The fraction of sp³-hybridized carbons (Fsp3) is 0.429. The van der Waals surface area contributed by atoms with Crippen molar-refractivity contribution in [2.45, 2.75) is 39.8 Å². The van der Waals surface area contributed by atoms with Gasteiger partial charge >= 0.3 is 0 Å². The molecular formula is C14H18N2O2. The van der Waals surface area contributed by atoms with Crippen LogP contribution in [0.1, 0.15) is 29.3 Å². The molecule has 1 aromatic heterocycles. The van der Waals surface area contributed by atoms with Crippen molar-refractivity contribution in [3.63, 3.8) is 0 Å². The van der Waals surface area contributed by atoms with E-state index in [1.165, 1.54) is 4.57 Å². The predicted octanol–water partition coefficient (Wildman–Crippen LogP) is 1.45. The van der Waals surface area contributed by atoms with Crippen molar-refractivity contribution in [3.8, 4) is 6.07 Å². The van der Waals surface area contributed by atoms with Crippen LogP contribution in [-0.2, 0) is 13.0 Å². The lowest BCUT2D eigenvalue weighted by molar-refractivity contribution is 0.171. The molecule has 0 amide bonds. The second-order valence-electron chi connectivity index (χ2n) is 4.43. The number of pyridine rings is 1. The fourth-order valence-electron chi connectivity index (χ4n) is 2.09. The Morgan fingerprint density at radius 3 is 2.61 bits per heavy atom. The van der Waals surface area contributed by atoms with Crippen LogP contribution in [0.4, 0.5) is 0 Å². The highest BCUT2D eigenvalue weighted by Crippen LogP contribution is 2.16. The minimum absolute atomic E-state index is 0.151. The topological polar surface area (TPSA) is 66.0 Å². The van der Waals surface area contributed by atoms with Crippen LogP contribution < -0.4 is 5.56 Å². The first-order valence-electron chi connectivity index (χ1n) is 5.86. The normalized spacial score (nSPS) is 11.9. The van der Waals surface area contributed by atoms with E-state index in [2.05, 4.69) is 6.58 Å². The summed E-state index contributed by atoms with van der Waals surface area (Å²) in [5.74, 6) is 0. The molecule has 0 bridgehead atoms. The Hall–Kier alpha value is -1.86. The number of rotatable bonds is 4. The lowest BCUT2D eigenvalue weighted by Gasteiger charge is -2.18. The maximum absolute atomic E-state index is 12.1. The molecule has 0 fully saturated rings. The second-order valence-corrected chi connectivity index (χ2v) is 4.43. The van der Waals surface area contributed by atoms with Crippen molar-refractivity contribution in [3.05, 3.63) is 45.4 Å². The van der Waals surface area contributed by atoms with Gasteiger partial charge in [0, 0.05) is 5.69 Å². The molecule has 1 aromatic rings. The summed E-state index contributed by atoms with van der Waals surface area (Å²) in [5, 5.41) is 18.5. The van der Waals surface area contributed by atoms with Gasteiger partial charge in [-0.1, -0.05) is 6.08 Å². The standard InChI is InChI=1S/C14H18N2O2/c1-5-6-12-10(3)13(7-15)14(18)16(11(12)4)8-9(2)17/h5,9,17H,1,6,8H2,2-4H3. The molecule has 1 heterocycles. The summed E-state index contributed by atoms with van der Waals surface area (Å²) in [7, 11) is 0. The van der Waals surface area contributed by atoms with E-state index in [0.29, 0.717) is 12.0 Å². The van der Waals surface area contributed by atoms with Crippen LogP contribution in [0.25, 0.3) is 0 Å². The molecule has 1 unspecified atom stereocenters. The summed E-state index contributed by atoms with van der Waals surface area (Å²) in [6.45, 7) is 9.11. The third kappa shape index (κ3) is 2.52. The lowest BCUT2D eigenvalue weighted by atomic mass is 10.00. The Labute approximate surface area is 107 Å². The van der Waals surface area contributed by atoms with Gasteiger partial charge in [0.05, 0.1) is 12.6 Å². The van der Waals surface area contributed by atoms with Gasteiger partial charge < -0.3 is 9.67 Å². The molecule has 1 rings (SSSR count). The van der Waals surface area contributed by atoms with Crippen LogP contribution >= 0.6 is 0 Å². The monoisotopic (exact) mass is 246 g/mol. The minimum atomic E-state index is -0.632. The molecule has 0 aliphatic rings. The average molecular weight is 246 g/mol. The minimum Gasteiger partial charge on any atom is -0.392 e. The molecule has 4 nitrogen and oxygen atoms in total. The molecule has 96 valence electrons. The number of aromatic nitrogens is 1. The second kappa shape index (κ2) is 5.65. The molecule has 4 heteroatoms. The molecule has 0 saturated heterocycles. The van der Waals surface area contributed by atoms with Gasteiger partial charge in [0.25, 0.3) is 5.56 Å². The van der Waals surface area contributed by atoms with Gasteiger partial charge in [-0.15, -0.1) is 6.58 Å². The Kier molecular flexibility index (Phi) is 4.46. The molecule has 0 spiro atoms. The quantitative estimate of drug-likeness (QED) is 0.818. The summed E-state index contributed by atoms with van der Waals surface area (Å²) in [5.41, 5.74) is 2.25. The van der Waals surface area contributed by atoms with Crippen LogP contribution in [0.5, 0.6) is 0 Å². The molecule has 0 aromatic carbocycles. The van der Waals surface area contributed by atoms with Gasteiger partial charge in [-0.3, -0.25) is 4.79 Å². The summed E-state index contributed by atoms with van der Waals surface area (Å²) in [4.78, 5) is 12.1. The van der Waals surface area contributed by atoms with E-state index in [9.17, 15) is 9.90 Å². The van der Waals surface area contributed by atoms with E-state index in [0.717, 1.165) is 11.3 Å². The summed E-state index contributed by atoms with van der Waals surface area (Å²) in [6, 6.07) is 1.95. The van der Waals surface area contributed by atoms with Crippen LogP contribution in [-0.4, -0.2) is 15.8 Å². The third-order valence-corrected chi connectivity index (χ3v) is 3.04. The predicted molar refractivity (Wildman–Crippen MR) is 70.5 cm³/mol. The van der Waals surface area contributed by atoms with Crippen molar-refractivity contribution < 1.29 is 5.11 Å². The molecule has 0 radical (unpaired) electrons. The SMILES string of the molecule is C=CCc1c(C)c(C#N)c(=O)n(CC(C)O)c1C. The number of hydrogen-bond donors (Lipinski definition) is 1. The van der Waals surface area contributed by atoms with E-state index in [1.54, 1.807) is 19.9 Å². The average Bonchev–Trinajstić information content (AvgIpc) is 2.31. The van der Waals surface area contributed by atoms with E-state index in [4.69, 9.17) is 5.26 Å². The molecule has 1 N–H and O–H groups in total. The third-order valence-electron chi connectivity index (χ3n) is 3.04. The number of aliphatic hydroxyl groups is 1. The maximum Gasteiger partial charge on any atom is 0.269 e. The summed E-state index contributed by atoms with van der Waals surface area (Å²) < 4.78 is 1.47. The van der Waals surface area contributed by atoms with E-state index in [-0.39, 0.29) is 17.7 Å². The first-order valence-corrected chi connectivity index (χ1v) is 5.86. The molecule has 1 atom stereocenters. The zero-order valence-electron chi connectivity index (χ0n) is 11.0. The van der Waals surface area contributed by atoms with Gasteiger partial charge in [0.1, 0.15) is 11.6 Å². The van der Waals surface area contributed by atoms with Crippen molar-refractivity contribution in [2.75, 3.05) is 0 Å². The Bertz CT molecular complexity index is 563. The number of hydrogen-bond acceptors (Lipinski definition) is 3. The Morgan fingerprint density at radius 2 is 2.17 bits per heavy atom. The van der Waals surface area contributed by atoms with Gasteiger partial charge in [-0.2, -0.15) is 5.26 Å². The van der Waals surface area contributed by atoms with Crippen LogP contribution in [0.3, 0.4) is 0 Å². The highest BCUT2D eigenvalue weighted by molar-refractivity contribution is 5.43. The fourth-order valence-corrected chi connectivity index (χ4v) is 2.09. The molecule has 0 aliphatic heterocycles. The number of nitriles is 1. The zero-order valence-corrected chi connectivity index (χ0v) is 11.0. The Balaban J connectivity index is 3.62. The largest absolute Gasteiger partial charge is 0.392 e. The highest BCUT2D eigenvalue weighted by Gasteiger charge is 2.16. The summed E-state index contributed by atoms with van der Waals surface area (Å²) in [6.07, 6.45) is 1.72. The molecule has 0 aliphatic carbocycles. The van der Waals surface area contributed by atoms with Crippen molar-refractivity contribution >= 4 is 0 Å². The molecular weight excluding hydrogens is 228 g/mol. The van der Waals surface area contributed by atoms with E-state index in [1.807, 2.05) is 13.0 Å². The molecule has 18 heavy (non-hydrogen) atoms. The van der Waals surface area contributed by atoms with Gasteiger partial charge in [0.2, 0.25) is 0 Å². The molecule has 0 saturated carbocycles. The zero-order chi connectivity index (χ0) is 13.9. The van der Waals surface area contributed by atoms with Gasteiger partial charge in [0.15, 0.2) is 0 Å².